The normalized spacial score (nSPS) is 19.1. The number of aromatic amines is 1. The number of nitrogens with one attached hydrogen (secondary N) is 1. The maximum absolute atomic E-state index is 12.0. The van der Waals surface area contributed by atoms with Gasteiger partial charge in [-0.25, -0.2) is 4.79 Å². The van der Waals surface area contributed by atoms with Crippen LogP contribution in [-0.2, 0) is 0 Å². The SMILES string of the molecule is Cc1cc(-c2noc(C3CC4(CC4)C3)n2)c(=O)[nH]c1C(=O)O. The summed E-state index contributed by atoms with van der Waals surface area (Å²) in [4.78, 5) is 29.7. The molecule has 22 heavy (non-hydrogen) atoms. The molecule has 2 heterocycles. The fourth-order valence-corrected chi connectivity index (χ4v) is 3.28. The molecule has 2 N–H and O–H groups in total. The van der Waals surface area contributed by atoms with Crippen LogP contribution in [0.15, 0.2) is 15.4 Å². The highest BCUT2D eigenvalue weighted by Crippen LogP contribution is 2.65. The van der Waals surface area contributed by atoms with Crippen LogP contribution in [0.25, 0.3) is 11.4 Å². The molecular weight excluding hydrogens is 286 g/mol. The fraction of sp³-hybridized carbons (Fsp3) is 0.467. The largest absolute Gasteiger partial charge is 0.477 e. The molecule has 0 bridgehead atoms. The first kappa shape index (κ1) is 13.2. The zero-order chi connectivity index (χ0) is 15.5. The first-order valence-electron chi connectivity index (χ1n) is 7.29. The number of carbonyl (C=O) groups is 1. The van der Waals surface area contributed by atoms with Gasteiger partial charge in [-0.05, 0) is 49.7 Å². The minimum atomic E-state index is -1.17. The van der Waals surface area contributed by atoms with Gasteiger partial charge in [-0.15, -0.1) is 0 Å². The number of H-pyrrole nitrogens is 1. The van der Waals surface area contributed by atoms with E-state index in [-0.39, 0.29) is 17.1 Å². The molecule has 114 valence electrons. The van der Waals surface area contributed by atoms with Gasteiger partial charge in [-0.1, -0.05) is 5.16 Å². The van der Waals surface area contributed by atoms with Crippen LogP contribution in [0.2, 0.25) is 0 Å². The number of pyridine rings is 1. The van der Waals surface area contributed by atoms with Crippen molar-refractivity contribution in [1.82, 2.24) is 15.1 Å². The lowest BCUT2D eigenvalue weighted by Gasteiger charge is -2.32. The topological polar surface area (TPSA) is 109 Å². The quantitative estimate of drug-likeness (QED) is 0.898. The third-order valence-corrected chi connectivity index (χ3v) is 4.80. The van der Waals surface area contributed by atoms with Crippen molar-refractivity contribution in [1.29, 1.82) is 0 Å². The first-order chi connectivity index (χ1) is 10.5. The van der Waals surface area contributed by atoms with Crippen LogP contribution in [-0.4, -0.2) is 26.2 Å². The van der Waals surface area contributed by atoms with E-state index in [0.29, 0.717) is 22.8 Å². The highest BCUT2D eigenvalue weighted by atomic mass is 16.5. The van der Waals surface area contributed by atoms with E-state index in [1.807, 2.05) is 0 Å². The van der Waals surface area contributed by atoms with Crippen LogP contribution in [0.3, 0.4) is 0 Å². The van der Waals surface area contributed by atoms with Crippen LogP contribution in [0.1, 0.15) is 53.5 Å². The van der Waals surface area contributed by atoms with Gasteiger partial charge in [-0.3, -0.25) is 4.79 Å². The van der Waals surface area contributed by atoms with Crippen LogP contribution in [0.5, 0.6) is 0 Å². The zero-order valence-corrected chi connectivity index (χ0v) is 12.0. The highest BCUT2D eigenvalue weighted by Gasteiger charge is 2.54. The third-order valence-electron chi connectivity index (χ3n) is 4.80. The van der Waals surface area contributed by atoms with Gasteiger partial charge in [0, 0.05) is 5.92 Å². The van der Waals surface area contributed by atoms with Gasteiger partial charge in [-0.2, -0.15) is 4.98 Å². The Bertz CT molecular complexity index is 824. The number of nitrogens with zero attached hydrogens (tertiary/aromatic N) is 2. The summed E-state index contributed by atoms with van der Waals surface area (Å²) in [6.45, 7) is 1.62. The van der Waals surface area contributed by atoms with E-state index in [0.717, 1.165) is 12.8 Å². The molecule has 0 aromatic carbocycles. The lowest BCUT2D eigenvalue weighted by molar-refractivity contribution is 0.0689. The van der Waals surface area contributed by atoms with Crippen molar-refractivity contribution in [2.75, 3.05) is 0 Å². The van der Waals surface area contributed by atoms with Gasteiger partial charge in [0.1, 0.15) is 5.69 Å². The summed E-state index contributed by atoms with van der Waals surface area (Å²) in [6.07, 6.45) is 4.75. The Morgan fingerprint density at radius 3 is 2.82 bits per heavy atom. The molecule has 0 amide bonds. The van der Waals surface area contributed by atoms with E-state index in [9.17, 15) is 9.59 Å². The number of hydrogen-bond donors (Lipinski definition) is 2. The molecule has 1 spiro atoms. The first-order valence-corrected chi connectivity index (χ1v) is 7.29. The molecule has 2 aromatic heterocycles. The van der Waals surface area contributed by atoms with Crippen LogP contribution >= 0.6 is 0 Å². The summed E-state index contributed by atoms with van der Waals surface area (Å²) >= 11 is 0. The molecule has 0 saturated heterocycles. The van der Waals surface area contributed by atoms with Gasteiger partial charge in [0.05, 0.1) is 5.56 Å². The highest BCUT2D eigenvalue weighted by molar-refractivity contribution is 5.87. The average Bonchev–Trinajstić information content (AvgIpc) is 3.10. The molecule has 0 radical (unpaired) electrons. The number of aromatic carboxylic acids is 1. The molecule has 2 saturated carbocycles. The number of rotatable bonds is 3. The Hall–Kier alpha value is -2.44. The summed E-state index contributed by atoms with van der Waals surface area (Å²) in [7, 11) is 0. The van der Waals surface area contributed by atoms with E-state index < -0.39 is 11.5 Å². The van der Waals surface area contributed by atoms with Crippen molar-refractivity contribution in [2.24, 2.45) is 5.41 Å². The molecule has 4 rings (SSSR count). The Labute approximate surface area is 125 Å². The van der Waals surface area contributed by atoms with E-state index >= 15 is 0 Å². The van der Waals surface area contributed by atoms with Gasteiger partial charge < -0.3 is 14.6 Å². The fourth-order valence-electron chi connectivity index (χ4n) is 3.28. The molecule has 0 aliphatic heterocycles. The van der Waals surface area contributed by atoms with E-state index in [2.05, 4.69) is 15.1 Å². The van der Waals surface area contributed by atoms with Crippen molar-refractivity contribution in [3.63, 3.8) is 0 Å². The Morgan fingerprint density at radius 1 is 1.45 bits per heavy atom. The minimum Gasteiger partial charge on any atom is -0.477 e. The molecular formula is C15H15N3O4. The lowest BCUT2D eigenvalue weighted by Crippen LogP contribution is -2.23. The summed E-state index contributed by atoms with van der Waals surface area (Å²) in [5.74, 6) is -0.0821. The zero-order valence-electron chi connectivity index (χ0n) is 12.0. The monoisotopic (exact) mass is 301 g/mol. The standard InChI is InChI=1S/C15H15N3O4/c1-7-4-9(12(19)16-10(7)14(20)21)11-17-13(22-18-11)8-5-15(6-8)2-3-15/h4,8H,2-3,5-6H2,1H3,(H,16,19)(H,20,21). The van der Waals surface area contributed by atoms with Crippen molar-refractivity contribution in [3.8, 4) is 11.4 Å². The minimum absolute atomic E-state index is 0.118. The smallest absolute Gasteiger partial charge is 0.352 e. The molecule has 0 atom stereocenters. The predicted octanol–water partition coefficient (Wildman–Crippen LogP) is 2.09. The Kier molecular flexibility index (Phi) is 2.58. The van der Waals surface area contributed by atoms with E-state index in [4.69, 9.17) is 9.63 Å². The van der Waals surface area contributed by atoms with Crippen LogP contribution in [0, 0.1) is 12.3 Å². The number of hydrogen-bond acceptors (Lipinski definition) is 5. The predicted molar refractivity (Wildman–Crippen MR) is 75.7 cm³/mol. The van der Waals surface area contributed by atoms with E-state index in [1.54, 1.807) is 6.92 Å². The molecule has 0 unspecified atom stereocenters. The molecule has 7 nitrogen and oxygen atoms in total. The second-order valence-electron chi connectivity index (χ2n) is 6.44. The van der Waals surface area contributed by atoms with Crippen molar-refractivity contribution in [3.05, 3.63) is 33.6 Å². The molecule has 7 heteroatoms. The van der Waals surface area contributed by atoms with Crippen molar-refractivity contribution in [2.45, 2.75) is 38.5 Å². The average molecular weight is 301 g/mol. The second kappa shape index (κ2) is 4.28. The van der Waals surface area contributed by atoms with Crippen LogP contribution < -0.4 is 5.56 Å². The molecule has 2 aliphatic rings. The number of aromatic nitrogens is 3. The van der Waals surface area contributed by atoms with Crippen LogP contribution in [0.4, 0.5) is 0 Å². The Balaban J connectivity index is 1.65. The van der Waals surface area contributed by atoms with Gasteiger partial charge in [0.25, 0.3) is 5.56 Å². The number of carboxylic acids is 1. The number of carboxylic acid groups (broad SMARTS) is 1. The maximum Gasteiger partial charge on any atom is 0.352 e. The molecule has 2 aromatic rings. The summed E-state index contributed by atoms with van der Waals surface area (Å²) in [6, 6.07) is 1.49. The van der Waals surface area contributed by atoms with Gasteiger partial charge in [0.2, 0.25) is 11.7 Å². The lowest BCUT2D eigenvalue weighted by atomic mass is 9.72. The van der Waals surface area contributed by atoms with Crippen molar-refractivity contribution >= 4 is 5.97 Å². The molecule has 2 fully saturated rings. The van der Waals surface area contributed by atoms with Gasteiger partial charge >= 0.3 is 5.97 Å². The maximum atomic E-state index is 12.0. The van der Waals surface area contributed by atoms with E-state index in [1.165, 1.54) is 18.9 Å². The summed E-state index contributed by atoms with van der Waals surface area (Å²) in [5, 5.41) is 12.9. The Morgan fingerprint density at radius 2 is 2.18 bits per heavy atom. The second-order valence-corrected chi connectivity index (χ2v) is 6.44. The van der Waals surface area contributed by atoms with Gasteiger partial charge in [0.15, 0.2) is 0 Å². The summed E-state index contributed by atoms with van der Waals surface area (Å²) in [5.41, 5.74) is 0.581. The number of aryl methyl sites for hydroxylation is 1. The third kappa shape index (κ3) is 1.96. The van der Waals surface area contributed by atoms with Crippen molar-refractivity contribution < 1.29 is 14.4 Å². The molecule has 2 aliphatic carbocycles. The summed E-state index contributed by atoms with van der Waals surface area (Å²) < 4.78 is 5.29.